The van der Waals surface area contributed by atoms with Gasteiger partial charge in [0.25, 0.3) is 0 Å². The van der Waals surface area contributed by atoms with E-state index in [9.17, 15) is 4.79 Å². The number of amides is 1. The third kappa shape index (κ3) is 3.60. The SMILES string of the molecule is O=C(Cc1nc2ccccc2o1)NCCOc1cccnc1. The summed E-state index contributed by atoms with van der Waals surface area (Å²) in [6.45, 7) is 0.791. The molecule has 1 aromatic carbocycles. The summed E-state index contributed by atoms with van der Waals surface area (Å²) in [5, 5.41) is 2.76. The van der Waals surface area contributed by atoms with Gasteiger partial charge in [0.2, 0.25) is 11.8 Å². The molecule has 0 aliphatic heterocycles. The highest BCUT2D eigenvalue weighted by Gasteiger charge is 2.09. The predicted octanol–water partition coefficient (Wildman–Crippen LogP) is 1.96. The summed E-state index contributed by atoms with van der Waals surface area (Å²) in [6.07, 6.45) is 3.41. The largest absolute Gasteiger partial charge is 0.490 e. The lowest BCUT2D eigenvalue weighted by Crippen LogP contribution is -2.29. The van der Waals surface area contributed by atoms with E-state index in [1.54, 1.807) is 18.5 Å². The molecule has 0 atom stereocenters. The second-order valence-electron chi connectivity index (χ2n) is 4.64. The number of para-hydroxylation sites is 2. The van der Waals surface area contributed by atoms with Crippen molar-refractivity contribution in [3.05, 3.63) is 54.7 Å². The number of carbonyl (C=O) groups excluding carboxylic acids is 1. The van der Waals surface area contributed by atoms with Gasteiger partial charge >= 0.3 is 0 Å². The molecule has 0 aliphatic rings. The van der Waals surface area contributed by atoms with Gasteiger partial charge < -0.3 is 14.5 Å². The third-order valence-corrected chi connectivity index (χ3v) is 2.98. The van der Waals surface area contributed by atoms with E-state index in [1.165, 1.54) is 0 Å². The summed E-state index contributed by atoms with van der Waals surface area (Å²) in [5.41, 5.74) is 1.44. The Kier molecular flexibility index (Phi) is 4.29. The quantitative estimate of drug-likeness (QED) is 0.704. The number of nitrogens with one attached hydrogen (secondary N) is 1. The molecule has 22 heavy (non-hydrogen) atoms. The first-order valence-corrected chi connectivity index (χ1v) is 6.95. The molecule has 6 nitrogen and oxygen atoms in total. The van der Waals surface area contributed by atoms with Crippen molar-refractivity contribution in [3.8, 4) is 5.75 Å². The molecule has 0 spiro atoms. The number of ether oxygens (including phenoxy) is 1. The first-order valence-electron chi connectivity index (χ1n) is 6.95. The van der Waals surface area contributed by atoms with Crippen LogP contribution in [0.5, 0.6) is 5.75 Å². The van der Waals surface area contributed by atoms with E-state index in [-0.39, 0.29) is 12.3 Å². The molecule has 0 saturated heterocycles. The Labute approximate surface area is 127 Å². The lowest BCUT2D eigenvalue weighted by atomic mass is 10.3. The van der Waals surface area contributed by atoms with E-state index in [0.717, 1.165) is 5.52 Å². The Hall–Kier alpha value is -2.89. The Morgan fingerprint density at radius 3 is 2.95 bits per heavy atom. The van der Waals surface area contributed by atoms with Crippen LogP contribution in [-0.4, -0.2) is 29.0 Å². The molecule has 3 rings (SSSR count). The maximum Gasteiger partial charge on any atom is 0.229 e. The summed E-state index contributed by atoms with van der Waals surface area (Å²) in [6, 6.07) is 11.0. The van der Waals surface area contributed by atoms with Crippen LogP contribution in [0.1, 0.15) is 5.89 Å². The van der Waals surface area contributed by atoms with Crippen LogP contribution in [0.3, 0.4) is 0 Å². The fourth-order valence-corrected chi connectivity index (χ4v) is 1.99. The van der Waals surface area contributed by atoms with Gasteiger partial charge in [-0.3, -0.25) is 9.78 Å². The first kappa shape index (κ1) is 14.1. The number of carbonyl (C=O) groups is 1. The van der Waals surface area contributed by atoms with Crippen molar-refractivity contribution in [1.29, 1.82) is 0 Å². The summed E-state index contributed by atoms with van der Waals surface area (Å²) in [4.78, 5) is 20.0. The minimum absolute atomic E-state index is 0.113. The average molecular weight is 297 g/mol. The zero-order chi connectivity index (χ0) is 15.2. The van der Waals surface area contributed by atoms with Gasteiger partial charge in [-0.25, -0.2) is 4.98 Å². The van der Waals surface area contributed by atoms with E-state index in [0.29, 0.717) is 30.4 Å². The molecule has 0 unspecified atom stereocenters. The topological polar surface area (TPSA) is 77.2 Å². The van der Waals surface area contributed by atoms with Gasteiger partial charge in [0.1, 0.15) is 24.3 Å². The number of fused-ring (bicyclic) bond motifs is 1. The predicted molar refractivity (Wildman–Crippen MR) is 80.5 cm³/mol. The van der Waals surface area contributed by atoms with Crippen LogP contribution in [0.25, 0.3) is 11.1 Å². The Morgan fingerprint density at radius 2 is 2.14 bits per heavy atom. The zero-order valence-electron chi connectivity index (χ0n) is 11.9. The molecule has 2 heterocycles. The highest BCUT2D eigenvalue weighted by molar-refractivity contribution is 5.79. The highest BCUT2D eigenvalue weighted by atomic mass is 16.5. The Bertz CT molecular complexity index is 722. The van der Waals surface area contributed by atoms with Crippen LogP contribution in [0.4, 0.5) is 0 Å². The van der Waals surface area contributed by atoms with Crippen LogP contribution in [0, 0.1) is 0 Å². The van der Waals surface area contributed by atoms with Gasteiger partial charge in [0.05, 0.1) is 12.7 Å². The van der Waals surface area contributed by atoms with Gasteiger partial charge in [-0.1, -0.05) is 12.1 Å². The summed E-state index contributed by atoms with van der Waals surface area (Å²) in [7, 11) is 0. The first-order chi connectivity index (χ1) is 10.8. The Balaban J connectivity index is 1.44. The lowest BCUT2D eigenvalue weighted by molar-refractivity contribution is -0.120. The van der Waals surface area contributed by atoms with Crippen molar-refractivity contribution >= 4 is 17.0 Å². The number of hydrogen-bond donors (Lipinski definition) is 1. The van der Waals surface area contributed by atoms with E-state index < -0.39 is 0 Å². The van der Waals surface area contributed by atoms with Crippen LogP contribution in [0.15, 0.2) is 53.2 Å². The smallest absolute Gasteiger partial charge is 0.229 e. The summed E-state index contributed by atoms with van der Waals surface area (Å²) < 4.78 is 10.9. The molecule has 0 radical (unpaired) electrons. The van der Waals surface area contributed by atoms with Crippen molar-refractivity contribution in [3.63, 3.8) is 0 Å². The number of aromatic nitrogens is 2. The van der Waals surface area contributed by atoms with Crippen LogP contribution >= 0.6 is 0 Å². The summed E-state index contributed by atoms with van der Waals surface area (Å²) in [5.74, 6) is 0.934. The third-order valence-electron chi connectivity index (χ3n) is 2.98. The molecular formula is C16H15N3O3. The van der Waals surface area contributed by atoms with Crippen molar-refractivity contribution in [2.45, 2.75) is 6.42 Å². The normalized spacial score (nSPS) is 10.5. The minimum Gasteiger partial charge on any atom is -0.490 e. The van der Waals surface area contributed by atoms with Crippen molar-refractivity contribution in [2.24, 2.45) is 0 Å². The second kappa shape index (κ2) is 6.71. The van der Waals surface area contributed by atoms with Gasteiger partial charge in [-0.2, -0.15) is 0 Å². The number of benzene rings is 1. The number of nitrogens with zero attached hydrogens (tertiary/aromatic N) is 2. The lowest BCUT2D eigenvalue weighted by Gasteiger charge is -2.06. The molecule has 0 aliphatic carbocycles. The Morgan fingerprint density at radius 1 is 1.23 bits per heavy atom. The molecule has 1 N–H and O–H groups in total. The van der Waals surface area contributed by atoms with Crippen molar-refractivity contribution in [1.82, 2.24) is 15.3 Å². The highest BCUT2D eigenvalue weighted by Crippen LogP contribution is 2.14. The van der Waals surface area contributed by atoms with Crippen LogP contribution in [0.2, 0.25) is 0 Å². The van der Waals surface area contributed by atoms with E-state index in [1.807, 2.05) is 30.3 Å². The maximum atomic E-state index is 11.8. The molecule has 0 bridgehead atoms. The standard InChI is InChI=1S/C16H15N3O3/c20-15(18-8-9-21-12-4-3-7-17-11-12)10-16-19-13-5-1-2-6-14(13)22-16/h1-7,11H,8-10H2,(H,18,20). The molecule has 6 heteroatoms. The van der Waals surface area contributed by atoms with Crippen LogP contribution < -0.4 is 10.1 Å². The van der Waals surface area contributed by atoms with Crippen molar-refractivity contribution < 1.29 is 13.9 Å². The van der Waals surface area contributed by atoms with Gasteiger partial charge in [-0.05, 0) is 24.3 Å². The number of hydrogen-bond acceptors (Lipinski definition) is 5. The monoisotopic (exact) mass is 297 g/mol. The number of oxazole rings is 1. The molecular weight excluding hydrogens is 282 g/mol. The molecule has 112 valence electrons. The second-order valence-corrected chi connectivity index (χ2v) is 4.64. The molecule has 3 aromatic rings. The summed E-state index contributed by atoms with van der Waals surface area (Å²) >= 11 is 0. The van der Waals surface area contributed by atoms with E-state index >= 15 is 0 Å². The molecule has 1 amide bonds. The fourth-order valence-electron chi connectivity index (χ4n) is 1.99. The molecule has 2 aromatic heterocycles. The van der Waals surface area contributed by atoms with E-state index in [4.69, 9.17) is 9.15 Å². The number of pyridine rings is 1. The molecule has 0 fully saturated rings. The van der Waals surface area contributed by atoms with Gasteiger partial charge in [0.15, 0.2) is 5.58 Å². The maximum absolute atomic E-state index is 11.8. The van der Waals surface area contributed by atoms with Crippen LogP contribution in [-0.2, 0) is 11.2 Å². The fraction of sp³-hybridized carbons (Fsp3) is 0.188. The van der Waals surface area contributed by atoms with Crippen molar-refractivity contribution in [2.75, 3.05) is 13.2 Å². The average Bonchev–Trinajstić information content (AvgIpc) is 2.94. The van der Waals surface area contributed by atoms with Gasteiger partial charge in [-0.15, -0.1) is 0 Å². The van der Waals surface area contributed by atoms with E-state index in [2.05, 4.69) is 15.3 Å². The molecule has 0 saturated carbocycles. The zero-order valence-corrected chi connectivity index (χ0v) is 11.9. The minimum atomic E-state index is -0.152. The van der Waals surface area contributed by atoms with Gasteiger partial charge in [0, 0.05) is 6.20 Å². The number of rotatable bonds is 6.